The van der Waals surface area contributed by atoms with Crippen LogP contribution in [0.5, 0.6) is 0 Å². The Labute approximate surface area is 125 Å². The Kier molecular flexibility index (Phi) is 8.90. The molecule has 0 aliphatic carbocycles. The van der Waals surface area contributed by atoms with Crippen molar-refractivity contribution < 1.29 is 28.5 Å². The number of carbonyl (C=O) groups is 2. The summed E-state index contributed by atoms with van der Waals surface area (Å²) in [6, 6.07) is 0. The number of esters is 2. The van der Waals surface area contributed by atoms with E-state index < -0.39 is 19.3 Å². The van der Waals surface area contributed by atoms with Crippen LogP contribution >= 0.6 is 7.37 Å². The molecule has 0 aliphatic heterocycles. The quantitative estimate of drug-likeness (QED) is 0.288. The van der Waals surface area contributed by atoms with E-state index in [0.29, 0.717) is 24.0 Å². The molecule has 7 heteroatoms. The van der Waals surface area contributed by atoms with Gasteiger partial charge in [-0.2, -0.15) is 0 Å². The maximum Gasteiger partial charge on any atom is 0.333 e. The van der Waals surface area contributed by atoms with Crippen LogP contribution in [0.3, 0.4) is 0 Å². The van der Waals surface area contributed by atoms with Crippen molar-refractivity contribution in [2.75, 3.05) is 25.5 Å². The Morgan fingerprint density at radius 1 is 0.952 bits per heavy atom. The second kappa shape index (κ2) is 9.53. The smallest absolute Gasteiger partial charge is 0.333 e. The maximum absolute atomic E-state index is 11.8. The molecule has 0 aliphatic rings. The van der Waals surface area contributed by atoms with Gasteiger partial charge >= 0.3 is 11.9 Å². The zero-order valence-corrected chi connectivity index (χ0v) is 13.5. The van der Waals surface area contributed by atoms with Gasteiger partial charge in [0.2, 0.25) is 7.37 Å². The van der Waals surface area contributed by atoms with Gasteiger partial charge in [0, 0.05) is 23.5 Å². The van der Waals surface area contributed by atoms with E-state index in [1.165, 1.54) is 13.8 Å². The Bertz CT molecular complexity index is 416. The predicted octanol–water partition coefficient (Wildman–Crippen LogP) is 2.28. The number of hydrogen-bond donors (Lipinski definition) is 1. The molecule has 0 fully saturated rings. The highest BCUT2D eigenvalue weighted by Gasteiger charge is 2.18. The first kappa shape index (κ1) is 19.6. The summed E-state index contributed by atoms with van der Waals surface area (Å²) >= 11 is 0. The van der Waals surface area contributed by atoms with Crippen molar-refractivity contribution >= 4 is 19.3 Å². The number of ether oxygens (including phenoxy) is 2. The standard InChI is InChI=1S/C14H23O6P/c1-11(2)13(15)19-7-5-9-21(17,18)10-6-8-20-14(16)12(3)4/h1,3,5-10H2,2,4H3,(H,17,18). The van der Waals surface area contributed by atoms with E-state index in [1.54, 1.807) is 0 Å². The first-order valence-corrected chi connectivity index (χ1v) is 8.65. The Morgan fingerprint density at radius 2 is 1.29 bits per heavy atom. The summed E-state index contributed by atoms with van der Waals surface area (Å²) in [5, 5.41) is 0. The van der Waals surface area contributed by atoms with Gasteiger partial charge in [0.05, 0.1) is 13.2 Å². The molecule has 0 heterocycles. The second-order valence-corrected chi connectivity index (χ2v) is 7.42. The molecular weight excluding hydrogens is 295 g/mol. The number of carbonyl (C=O) groups excluding carboxylic acids is 2. The lowest BCUT2D eigenvalue weighted by Crippen LogP contribution is -2.09. The molecular formula is C14H23O6P. The maximum atomic E-state index is 11.8. The van der Waals surface area contributed by atoms with Crippen molar-refractivity contribution in [1.82, 2.24) is 0 Å². The van der Waals surface area contributed by atoms with Gasteiger partial charge in [0.25, 0.3) is 0 Å². The second-order valence-electron chi connectivity index (χ2n) is 4.83. The third-order valence-electron chi connectivity index (χ3n) is 2.47. The minimum atomic E-state index is -3.29. The Morgan fingerprint density at radius 3 is 1.57 bits per heavy atom. The monoisotopic (exact) mass is 318 g/mol. The van der Waals surface area contributed by atoms with Gasteiger partial charge in [-0.3, -0.25) is 4.57 Å². The molecule has 0 amide bonds. The normalized spacial score (nSPS) is 10.8. The molecule has 1 N–H and O–H groups in total. The molecule has 120 valence electrons. The van der Waals surface area contributed by atoms with Crippen LogP contribution < -0.4 is 0 Å². The highest BCUT2D eigenvalue weighted by Crippen LogP contribution is 2.41. The van der Waals surface area contributed by atoms with Crippen LogP contribution in [0.15, 0.2) is 24.3 Å². The summed E-state index contributed by atoms with van der Waals surface area (Å²) in [5.41, 5.74) is 0.586. The largest absolute Gasteiger partial charge is 0.462 e. The van der Waals surface area contributed by atoms with Gasteiger partial charge in [-0.05, 0) is 26.7 Å². The summed E-state index contributed by atoms with van der Waals surface area (Å²) < 4.78 is 21.5. The van der Waals surface area contributed by atoms with Gasteiger partial charge in [0.15, 0.2) is 0 Å². The summed E-state index contributed by atoms with van der Waals surface area (Å²) in [7, 11) is -3.29. The van der Waals surface area contributed by atoms with Gasteiger partial charge in [-0.25, -0.2) is 9.59 Å². The highest BCUT2D eigenvalue weighted by atomic mass is 31.2. The fourth-order valence-electron chi connectivity index (χ4n) is 1.31. The summed E-state index contributed by atoms with van der Waals surface area (Å²) in [5.74, 6) is -1.01. The Balaban J connectivity index is 3.81. The Hall–Kier alpha value is -1.39. The fraction of sp³-hybridized carbons (Fsp3) is 0.571. The van der Waals surface area contributed by atoms with Gasteiger partial charge in [-0.1, -0.05) is 13.2 Å². The number of hydrogen-bond acceptors (Lipinski definition) is 5. The van der Waals surface area contributed by atoms with Gasteiger partial charge in [-0.15, -0.1) is 0 Å². The van der Waals surface area contributed by atoms with E-state index in [4.69, 9.17) is 9.47 Å². The van der Waals surface area contributed by atoms with Crippen LogP contribution in [0.25, 0.3) is 0 Å². The molecule has 0 aromatic rings. The number of rotatable bonds is 10. The van der Waals surface area contributed by atoms with Crippen molar-refractivity contribution in [2.45, 2.75) is 26.7 Å². The minimum absolute atomic E-state index is 0.0604. The molecule has 0 saturated carbocycles. The molecule has 6 nitrogen and oxygen atoms in total. The van der Waals surface area contributed by atoms with E-state index >= 15 is 0 Å². The lowest BCUT2D eigenvalue weighted by Gasteiger charge is -2.12. The fourth-order valence-corrected chi connectivity index (χ4v) is 2.78. The third kappa shape index (κ3) is 10.0. The first-order chi connectivity index (χ1) is 9.65. The lowest BCUT2D eigenvalue weighted by atomic mass is 10.4. The SMILES string of the molecule is C=C(C)C(=O)OCCCP(=O)(O)CCCOC(=O)C(=C)C. The van der Waals surface area contributed by atoms with Gasteiger partial charge < -0.3 is 14.4 Å². The zero-order valence-electron chi connectivity index (χ0n) is 12.6. The highest BCUT2D eigenvalue weighted by molar-refractivity contribution is 7.57. The molecule has 0 aromatic heterocycles. The lowest BCUT2D eigenvalue weighted by molar-refractivity contribution is -0.139. The van der Waals surface area contributed by atoms with Crippen molar-refractivity contribution in [3.05, 3.63) is 24.3 Å². The molecule has 21 heavy (non-hydrogen) atoms. The predicted molar refractivity (Wildman–Crippen MR) is 80.3 cm³/mol. The summed E-state index contributed by atoms with van der Waals surface area (Å²) in [6.07, 6.45) is 0.729. The van der Waals surface area contributed by atoms with Crippen molar-refractivity contribution in [3.63, 3.8) is 0 Å². The van der Waals surface area contributed by atoms with E-state index in [9.17, 15) is 19.0 Å². The molecule has 0 spiro atoms. The van der Waals surface area contributed by atoms with Crippen LogP contribution in [-0.4, -0.2) is 42.4 Å². The zero-order chi connectivity index (χ0) is 16.5. The van der Waals surface area contributed by atoms with Crippen LogP contribution in [-0.2, 0) is 23.6 Å². The average Bonchev–Trinajstić information content (AvgIpc) is 2.38. The molecule has 0 aromatic carbocycles. The van der Waals surface area contributed by atoms with Crippen molar-refractivity contribution in [1.29, 1.82) is 0 Å². The molecule has 0 saturated heterocycles. The topological polar surface area (TPSA) is 89.9 Å². The van der Waals surface area contributed by atoms with E-state index in [-0.39, 0.29) is 25.5 Å². The van der Waals surface area contributed by atoms with Crippen molar-refractivity contribution in [3.8, 4) is 0 Å². The van der Waals surface area contributed by atoms with E-state index in [1.807, 2.05) is 0 Å². The summed E-state index contributed by atoms with van der Waals surface area (Å²) in [6.45, 7) is 10.1. The third-order valence-corrected chi connectivity index (χ3v) is 4.50. The van der Waals surface area contributed by atoms with Crippen molar-refractivity contribution in [2.24, 2.45) is 0 Å². The molecule has 0 unspecified atom stereocenters. The van der Waals surface area contributed by atoms with E-state index in [0.717, 1.165) is 0 Å². The summed E-state index contributed by atoms with van der Waals surface area (Å²) in [4.78, 5) is 31.9. The van der Waals surface area contributed by atoms with Crippen LogP contribution in [0.1, 0.15) is 26.7 Å². The van der Waals surface area contributed by atoms with Crippen LogP contribution in [0, 0.1) is 0 Å². The van der Waals surface area contributed by atoms with Gasteiger partial charge in [0.1, 0.15) is 0 Å². The average molecular weight is 318 g/mol. The van der Waals surface area contributed by atoms with E-state index in [2.05, 4.69) is 13.2 Å². The van der Waals surface area contributed by atoms with Crippen LogP contribution in [0.2, 0.25) is 0 Å². The van der Waals surface area contributed by atoms with Crippen LogP contribution in [0.4, 0.5) is 0 Å². The molecule has 0 bridgehead atoms. The molecule has 0 atom stereocenters. The first-order valence-electron chi connectivity index (χ1n) is 6.62. The molecule has 0 rings (SSSR count). The minimum Gasteiger partial charge on any atom is -0.462 e. The molecule has 0 radical (unpaired) electrons.